The van der Waals surface area contributed by atoms with Gasteiger partial charge in [0, 0.05) is 129 Å². The Bertz CT molecular complexity index is 5980. The molecule has 8 heterocycles. The van der Waals surface area contributed by atoms with E-state index < -0.39 is 93.6 Å². The van der Waals surface area contributed by atoms with Gasteiger partial charge in [0.05, 0.1) is 25.2 Å². The summed E-state index contributed by atoms with van der Waals surface area (Å²) in [6, 6.07) is 45.3. The number of thiophene rings is 5. The third-order valence-corrected chi connectivity index (χ3v) is 28.3. The number of benzene rings is 8. The second kappa shape index (κ2) is 41.2. The highest BCUT2D eigenvalue weighted by molar-refractivity contribution is 7.20. The number of nitrogens with zero attached hydrogens (tertiary/aromatic N) is 3. The van der Waals surface area contributed by atoms with E-state index in [0.717, 1.165) is 129 Å². The van der Waals surface area contributed by atoms with E-state index in [1.54, 1.807) is 36.5 Å². The minimum Gasteiger partial charge on any atom is -0.478 e. The number of carboxylic acids is 2. The van der Waals surface area contributed by atoms with E-state index in [1.165, 1.54) is 132 Å². The van der Waals surface area contributed by atoms with Gasteiger partial charge in [0.15, 0.2) is 0 Å². The molecule has 8 aromatic carbocycles. The zero-order valence-electron chi connectivity index (χ0n) is 73.9. The molecule has 0 radical (unpaired) electrons. The number of hydrogen-bond acceptors (Lipinski definition) is 14. The van der Waals surface area contributed by atoms with Gasteiger partial charge in [0.2, 0.25) is 0 Å². The van der Waals surface area contributed by atoms with Gasteiger partial charge in [-0.15, -0.1) is 56.7 Å². The maximum absolute atomic E-state index is 15.5. The lowest BCUT2D eigenvalue weighted by atomic mass is 9.87. The van der Waals surface area contributed by atoms with E-state index in [9.17, 15) is 31.9 Å². The Morgan fingerprint density at radius 1 is 0.445 bits per heavy atom. The average Bonchev–Trinajstić information content (AvgIpc) is 1.56. The van der Waals surface area contributed by atoms with Crippen LogP contribution in [0.4, 0.5) is 43.9 Å². The number of aliphatic carboxylic acids is 2. The lowest BCUT2D eigenvalue weighted by Crippen LogP contribution is -2.47. The first kappa shape index (κ1) is 97.4. The number of methoxy groups -OCH3 is 1. The van der Waals surface area contributed by atoms with Gasteiger partial charge in [-0.1, -0.05) is 91.0 Å². The highest BCUT2D eigenvalue weighted by Crippen LogP contribution is 2.52. The minimum absolute atomic E-state index is 0.0199. The molecule has 0 bridgehead atoms. The molecule has 0 spiro atoms. The number of rotatable bonds is 22. The molecule has 676 valence electrons. The molecule has 3 aliphatic heterocycles. The smallest absolute Gasteiger partial charge is 0.330 e. The fraction of sp³-hybridized carbons (Fsp3) is 0.343. The van der Waals surface area contributed by atoms with E-state index in [4.69, 9.17) is 15.9 Å². The Balaban J connectivity index is 0.000000150. The summed E-state index contributed by atoms with van der Waals surface area (Å²) in [7, 11) is 1.23. The third-order valence-electron chi connectivity index (χ3n) is 22.4. The number of carbonyl (C=O) groups is 3. The normalized spacial score (nSPS) is 18.1. The highest BCUT2D eigenvalue weighted by Gasteiger charge is 2.45. The number of carboxylic acid groups (broad SMARTS) is 2. The van der Waals surface area contributed by atoms with Crippen LogP contribution >= 0.6 is 56.7 Å². The number of halogens is 10. The van der Waals surface area contributed by atoms with Crippen LogP contribution in [-0.2, 0) is 51.2 Å². The lowest BCUT2D eigenvalue weighted by Gasteiger charge is -2.43. The molecule has 0 amide bonds. The van der Waals surface area contributed by atoms with Gasteiger partial charge in [-0.05, 0) is 289 Å². The van der Waals surface area contributed by atoms with Crippen LogP contribution in [-0.4, -0.2) is 129 Å². The van der Waals surface area contributed by atoms with Crippen molar-refractivity contribution >= 4 is 143 Å². The largest absolute Gasteiger partial charge is 0.478 e. The summed E-state index contributed by atoms with van der Waals surface area (Å²) in [6.45, 7) is 22.5. The van der Waals surface area contributed by atoms with Crippen LogP contribution in [0.2, 0.25) is 0 Å². The van der Waals surface area contributed by atoms with Crippen LogP contribution in [0.25, 0.3) is 68.7 Å². The number of esters is 1. The van der Waals surface area contributed by atoms with E-state index in [1.807, 2.05) is 115 Å². The highest BCUT2D eigenvalue weighted by atomic mass is 32.1. The Morgan fingerprint density at radius 3 is 1.01 bits per heavy atom. The standard InChI is InChI=1S/C26H26F3NO2S.2C25H24F3NO2S.C15H20FNS.C11H13NS/c1-15-11-18-17-7-5-6-8-21(17)33-25(18)24(30(15)14-26(2,3)29)23-19(27)12-16(13-20(23)28)9-10-22(31)32-4;2*1-14-10-17-16-6-4-5-7-20(16)32-24(17)23(29(14)13-25(2,3)28)22-18(26)11-15(12-19(22)27)8-9-21(30)31;1-11(17-10-15(2,3)16)8-12-9-18-14-7-5-4-6-13(12)14;1-8(12)6-9-7-13-11-5-3-2-4-10(9)11/h5-10,12-13,15,24H,11,14H2,1-4H3;2*4-9,11-12,14,23H,10,13H2,1-3H3,(H,30,31);4-7,9,11,17H,8,10H2,1-3H3;2-5,7-8H,6,12H2,1H3/b10-9+;2*9-8+;;. The van der Waals surface area contributed by atoms with Crippen molar-refractivity contribution in [3.05, 3.63) is 297 Å². The zero-order valence-corrected chi connectivity index (χ0v) is 78.0. The minimum atomic E-state index is -1.56. The van der Waals surface area contributed by atoms with Crippen LogP contribution in [0.1, 0.15) is 184 Å². The molecule has 5 N–H and O–H groups in total. The maximum atomic E-state index is 15.5. The number of alkyl halides is 4. The molecule has 3 aliphatic rings. The van der Waals surface area contributed by atoms with Gasteiger partial charge in [-0.3, -0.25) is 14.7 Å². The van der Waals surface area contributed by atoms with E-state index in [2.05, 4.69) is 76.3 Å². The van der Waals surface area contributed by atoms with Crippen LogP contribution in [0, 0.1) is 34.9 Å². The van der Waals surface area contributed by atoms with Crippen LogP contribution < -0.4 is 11.1 Å². The molecule has 0 saturated carbocycles. The van der Waals surface area contributed by atoms with Crippen molar-refractivity contribution in [3.63, 3.8) is 0 Å². The first-order chi connectivity index (χ1) is 60.4. The van der Waals surface area contributed by atoms with Gasteiger partial charge >= 0.3 is 17.9 Å². The van der Waals surface area contributed by atoms with Crippen molar-refractivity contribution in [3.8, 4) is 0 Å². The molecule has 26 heteroatoms. The number of hydrogen-bond donors (Lipinski definition) is 4. The molecule has 16 rings (SSSR count). The van der Waals surface area contributed by atoms with Crippen molar-refractivity contribution in [1.29, 1.82) is 0 Å². The number of carbonyl (C=O) groups excluding carboxylic acids is 1. The van der Waals surface area contributed by atoms with Crippen LogP contribution in [0.5, 0.6) is 0 Å². The fourth-order valence-corrected chi connectivity index (χ4v) is 23.1. The molecule has 0 aliphatic carbocycles. The average molecular weight is 1850 g/mol. The van der Waals surface area contributed by atoms with Gasteiger partial charge in [0.25, 0.3) is 0 Å². The number of fused-ring (bicyclic) bond motifs is 11. The molecule has 13 aromatic rings. The van der Waals surface area contributed by atoms with Gasteiger partial charge < -0.3 is 26.0 Å². The second-order valence-electron chi connectivity index (χ2n) is 35.7. The molecule has 11 nitrogen and oxygen atoms in total. The Morgan fingerprint density at radius 2 is 0.727 bits per heavy atom. The van der Waals surface area contributed by atoms with Gasteiger partial charge in [-0.2, -0.15) is 0 Å². The second-order valence-corrected chi connectivity index (χ2v) is 40.7. The predicted octanol–water partition coefficient (Wildman–Crippen LogP) is 26.1. The Labute approximate surface area is 760 Å². The summed E-state index contributed by atoms with van der Waals surface area (Å²) < 4.78 is 161. The van der Waals surface area contributed by atoms with Crippen molar-refractivity contribution in [2.45, 2.75) is 193 Å². The zero-order chi connectivity index (χ0) is 92.8. The van der Waals surface area contributed by atoms with E-state index in [0.29, 0.717) is 25.8 Å². The summed E-state index contributed by atoms with van der Waals surface area (Å²) >= 11 is 8.04. The first-order valence-corrected chi connectivity index (χ1v) is 46.6. The van der Waals surface area contributed by atoms with Crippen molar-refractivity contribution < 1.29 is 73.2 Å². The maximum Gasteiger partial charge on any atom is 0.330 e. The number of ether oxygens (including phenoxy) is 1. The molecule has 0 fully saturated rings. The summed E-state index contributed by atoms with van der Waals surface area (Å²) in [5.41, 5.74) is 5.92. The Hall–Kier alpha value is -9.71. The van der Waals surface area contributed by atoms with Crippen LogP contribution in [0.3, 0.4) is 0 Å². The van der Waals surface area contributed by atoms with Crippen LogP contribution in [0.15, 0.2) is 187 Å². The lowest BCUT2D eigenvalue weighted by molar-refractivity contribution is -0.135. The molecule has 128 heavy (non-hydrogen) atoms. The number of nitrogens with one attached hydrogen (secondary N) is 1. The first-order valence-electron chi connectivity index (χ1n) is 42.4. The topological polar surface area (TPSA) is 149 Å². The van der Waals surface area contributed by atoms with Gasteiger partial charge in [0.1, 0.15) is 57.6 Å². The van der Waals surface area contributed by atoms with Crippen molar-refractivity contribution in [2.24, 2.45) is 5.73 Å². The monoisotopic (exact) mass is 1850 g/mol. The molecular formula is C102H107F10N5O6S5. The molecule has 8 atom stereocenters. The Kier molecular flexibility index (Phi) is 31.3. The quantitative estimate of drug-likeness (QED) is 0.0292. The summed E-state index contributed by atoms with van der Waals surface area (Å²) in [5.74, 6) is -7.61. The summed E-state index contributed by atoms with van der Waals surface area (Å²) in [6.07, 6.45) is 10.3. The van der Waals surface area contributed by atoms with E-state index >= 15 is 26.3 Å². The molecule has 0 saturated heterocycles. The summed E-state index contributed by atoms with van der Waals surface area (Å²) in [5, 5.41) is 31.2. The number of nitrogens with two attached hydrogens (primary N) is 1. The SMILES string of the molecule is CC(Cc1csc2ccccc12)NCC(C)(C)F.CC(N)Cc1csc2ccccc12.CC1Cc2c(sc3ccccc23)C(c2c(F)cc(/C=C/C(=O)O)cc2F)N1CC(C)(C)F.CC1Cc2c(sc3ccccc23)C(c2c(F)cc(/C=C/C(=O)O)cc2F)N1CC(C)(C)F.COC(=O)/C=C/c1cc(F)c(C2c3sc4ccccc4c3CC(C)N2CC(C)(C)F)c(F)c1. The van der Waals surface area contributed by atoms with Gasteiger partial charge in [-0.25, -0.2) is 58.3 Å². The predicted molar refractivity (Wildman–Crippen MR) is 507 cm³/mol. The van der Waals surface area contributed by atoms with E-state index in [-0.39, 0.29) is 83.2 Å². The van der Waals surface area contributed by atoms with Crippen molar-refractivity contribution in [2.75, 3.05) is 33.3 Å². The molecule has 8 unspecified atom stereocenters. The summed E-state index contributed by atoms with van der Waals surface area (Å²) in [4.78, 5) is 40.9. The molecule has 5 aromatic heterocycles. The third kappa shape index (κ3) is 24.1. The molecular weight excluding hydrogens is 1740 g/mol. The fourth-order valence-electron chi connectivity index (χ4n) is 17.0. The van der Waals surface area contributed by atoms with Crippen molar-refractivity contribution in [1.82, 2.24) is 20.0 Å².